The molecular weight excluding hydrogens is 178 g/mol. The van der Waals surface area contributed by atoms with Gasteiger partial charge in [0.05, 0.1) is 11.7 Å². The molecule has 0 heterocycles. The van der Waals surface area contributed by atoms with Gasteiger partial charge in [-0.3, -0.25) is 0 Å². The highest BCUT2D eigenvalue weighted by atomic mass is 16.3. The number of aliphatic hydroxyl groups excluding tert-OH is 1. The largest absolute Gasteiger partial charge is 0.392 e. The molecule has 0 aromatic heterocycles. The lowest BCUT2D eigenvalue weighted by molar-refractivity contribution is -0.0133. The molecular formula is C11H23NO2. The number of nitrogens with one attached hydrogen (secondary N) is 1. The summed E-state index contributed by atoms with van der Waals surface area (Å²) in [5.41, 5.74) is -0.669. The summed E-state index contributed by atoms with van der Waals surface area (Å²) in [6, 6.07) is 0.385. The van der Waals surface area contributed by atoms with E-state index in [1.54, 1.807) is 0 Å². The van der Waals surface area contributed by atoms with E-state index < -0.39 is 11.7 Å². The van der Waals surface area contributed by atoms with Gasteiger partial charge in [0.2, 0.25) is 0 Å². The molecule has 0 aliphatic heterocycles. The maximum absolute atomic E-state index is 10.0. The Balaban J connectivity index is 2.21. The van der Waals surface area contributed by atoms with Crippen molar-refractivity contribution in [3.63, 3.8) is 0 Å². The van der Waals surface area contributed by atoms with Crippen molar-refractivity contribution in [1.29, 1.82) is 0 Å². The van der Waals surface area contributed by atoms with Crippen LogP contribution < -0.4 is 5.32 Å². The van der Waals surface area contributed by atoms with Crippen LogP contribution >= 0.6 is 0 Å². The lowest BCUT2D eigenvalue weighted by atomic mass is 9.93. The Kier molecular flexibility index (Phi) is 3.93. The van der Waals surface area contributed by atoms with Gasteiger partial charge in [0.1, 0.15) is 0 Å². The molecule has 0 aromatic rings. The van der Waals surface area contributed by atoms with E-state index in [1.165, 1.54) is 0 Å². The van der Waals surface area contributed by atoms with Crippen molar-refractivity contribution < 1.29 is 10.2 Å². The SMILES string of the molecule is CC(C)NC[C@H](O)C[C@](C)(O)C1CC1. The van der Waals surface area contributed by atoms with Crippen LogP contribution in [-0.4, -0.2) is 34.5 Å². The first-order chi connectivity index (χ1) is 6.42. The first kappa shape index (κ1) is 12.0. The minimum Gasteiger partial charge on any atom is -0.392 e. The molecule has 0 bridgehead atoms. The van der Waals surface area contributed by atoms with Crippen molar-refractivity contribution >= 4 is 0 Å². The summed E-state index contributed by atoms with van der Waals surface area (Å²) in [6.45, 7) is 6.50. The number of rotatable bonds is 6. The topological polar surface area (TPSA) is 52.5 Å². The van der Waals surface area contributed by atoms with Gasteiger partial charge in [0.15, 0.2) is 0 Å². The molecule has 0 aromatic carbocycles. The van der Waals surface area contributed by atoms with Crippen LogP contribution in [0.25, 0.3) is 0 Å². The molecule has 3 nitrogen and oxygen atoms in total. The third-order valence-electron chi connectivity index (χ3n) is 2.87. The van der Waals surface area contributed by atoms with Crippen molar-refractivity contribution in [1.82, 2.24) is 5.32 Å². The zero-order chi connectivity index (χ0) is 10.8. The molecule has 0 saturated heterocycles. The van der Waals surface area contributed by atoms with Gasteiger partial charge in [0, 0.05) is 19.0 Å². The Hall–Kier alpha value is -0.120. The molecule has 1 aliphatic carbocycles. The van der Waals surface area contributed by atoms with E-state index in [2.05, 4.69) is 5.32 Å². The quantitative estimate of drug-likeness (QED) is 0.598. The molecule has 0 radical (unpaired) electrons. The standard InChI is InChI=1S/C11H23NO2/c1-8(2)12-7-10(13)6-11(3,14)9-4-5-9/h8-10,12-14H,4-7H2,1-3H3/t10-,11+/m1/s1. The third-order valence-corrected chi connectivity index (χ3v) is 2.87. The summed E-state index contributed by atoms with van der Waals surface area (Å²) in [5, 5.41) is 22.9. The van der Waals surface area contributed by atoms with Crippen LogP contribution in [0, 0.1) is 5.92 Å². The summed E-state index contributed by atoms with van der Waals surface area (Å²) in [7, 11) is 0. The molecule has 1 fully saturated rings. The average molecular weight is 201 g/mol. The number of hydrogen-bond donors (Lipinski definition) is 3. The highest BCUT2D eigenvalue weighted by Gasteiger charge is 2.40. The second-order valence-corrected chi connectivity index (χ2v) is 5.05. The minimum absolute atomic E-state index is 0.385. The second-order valence-electron chi connectivity index (χ2n) is 5.05. The average Bonchev–Trinajstić information content (AvgIpc) is 2.81. The van der Waals surface area contributed by atoms with Crippen molar-refractivity contribution in [3.05, 3.63) is 0 Å². The molecule has 3 N–H and O–H groups in total. The molecule has 1 rings (SSSR count). The van der Waals surface area contributed by atoms with Gasteiger partial charge in [-0.1, -0.05) is 13.8 Å². The highest BCUT2D eigenvalue weighted by Crippen LogP contribution is 2.41. The predicted molar refractivity (Wildman–Crippen MR) is 57.1 cm³/mol. The van der Waals surface area contributed by atoms with Gasteiger partial charge < -0.3 is 15.5 Å². The molecule has 0 spiro atoms. The summed E-state index contributed by atoms with van der Waals surface area (Å²) >= 11 is 0. The fourth-order valence-corrected chi connectivity index (χ4v) is 1.79. The summed E-state index contributed by atoms with van der Waals surface area (Å²) in [4.78, 5) is 0. The van der Waals surface area contributed by atoms with Crippen LogP contribution in [-0.2, 0) is 0 Å². The molecule has 1 aliphatic rings. The van der Waals surface area contributed by atoms with Gasteiger partial charge in [-0.15, -0.1) is 0 Å². The second kappa shape index (κ2) is 4.60. The maximum Gasteiger partial charge on any atom is 0.0692 e. The third kappa shape index (κ3) is 3.95. The van der Waals surface area contributed by atoms with Crippen LogP contribution in [0.5, 0.6) is 0 Å². The molecule has 84 valence electrons. The van der Waals surface area contributed by atoms with Crippen LogP contribution in [0.4, 0.5) is 0 Å². The molecule has 0 amide bonds. The van der Waals surface area contributed by atoms with Gasteiger partial charge in [-0.05, 0) is 25.7 Å². The van der Waals surface area contributed by atoms with E-state index >= 15 is 0 Å². The predicted octanol–water partition coefficient (Wildman–Crippen LogP) is 0.896. The highest BCUT2D eigenvalue weighted by molar-refractivity contribution is 4.92. The van der Waals surface area contributed by atoms with Crippen molar-refractivity contribution in [2.24, 2.45) is 5.92 Å². The Morgan fingerprint density at radius 3 is 2.43 bits per heavy atom. The zero-order valence-corrected chi connectivity index (χ0v) is 9.45. The van der Waals surface area contributed by atoms with Gasteiger partial charge in [-0.2, -0.15) is 0 Å². The summed E-state index contributed by atoms with van der Waals surface area (Å²) in [5.74, 6) is 0.413. The fraction of sp³-hybridized carbons (Fsp3) is 1.00. The summed E-state index contributed by atoms with van der Waals surface area (Å²) < 4.78 is 0. The molecule has 14 heavy (non-hydrogen) atoms. The van der Waals surface area contributed by atoms with E-state index in [9.17, 15) is 10.2 Å². The van der Waals surface area contributed by atoms with Crippen LogP contribution in [0.1, 0.15) is 40.0 Å². The number of aliphatic hydroxyl groups is 2. The molecule has 3 heteroatoms. The van der Waals surface area contributed by atoms with Gasteiger partial charge in [-0.25, -0.2) is 0 Å². The van der Waals surface area contributed by atoms with Crippen LogP contribution in [0.2, 0.25) is 0 Å². The fourth-order valence-electron chi connectivity index (χ4n) is 1.79. The van der Waals surface area contributed by atoms with E-state index in [4.69, 9.17) is 0 Å². The van der Waals surface area contributed by atoms with Crippen molar-refractivity contribution in [2.75, 3.05) is 6.54 Å². The van der Waals surface area contributed by atoms with Gasteiger partial charge >= 0.3 is 0 Å². The Bertz CT molecular complexity index is 176. The van der Waals surface area contributed by atoms with E-state index in [0.29, 0.717) is 24.9 Å². The Morgan fingerprint density at radius 2 is 2.00 bits per heavy atom. The lowest BCUT2D eigenvalue weighted by Crippen LogP contribution is -2.38. The monoisotopic (exact) mass is 201 g/mol. The molecule has 1 saturated carbocycles. The maximum atomic E-state index is 10.0. The lowest BCUT2D eigenvalue weighted by Gasteiger charge is -2.26. The van der Waals surface area contributed by atoms with Crippen molar-refractivity contribution in [3.8, 4) is 0 Å². The Morgan fingerprint density at radius 1 is 1.43 bits per heavy atom. The molecule has 0 unspecified atom stereocenters. The first-order valence-corrected chi connectivity index (χ1v) is 5.55. The molecule has 2 atom stereocenters. The van der Waals surface area contributed by atoms with Gasteiger partial charge in [0.25, 0.3) is 0 Å². The first-order valence-electron chi connectivity index (χ1n) is 5.55. The van der Waals surface area contributed by atoms with E-state index in [0.717, 1.165) is 12.8 Å². The van der Waals surface area contributed by atoms with Crippen LogP contribution in [0.3, 0.4) is 0 Å². The normalized spacial score (nSPS) is 23.6. The van der Waals surface area contributed by atoms with E-state index in [-0.39, 0.29) is 0 Å². The minimum atomic E-state index is -0.669. The Labute approximate surface area is 86.5 Å². The zero-order valence-electron chi connectivity index (χ0n) is 9.45. The van der Waals surface area contributed by atoms with Crippen LogP contribution in [0.15, 0.2) is 0 Å². The van der Waals surface area contributed by atoms with Crippen molar-refractivity contribution in [2.45, 2.75) is 57.8 Å². The summed E-state index contributed by atoms with van der Waals surface area (Å²) in [6.07, 6.45) is 2.26. The number of hydrogen-bond acceptors (Lipinski definition) is 3. The smallest absolute Gasteiger partial charge is 0.0692 e. The van der Waals surface area contributed by atoms with E-state index in [1.807, 2.05) is 20.8 Å².